The molecule has 1 atom stereocenters. The molecule has 0 bridgehead atoms. The third kappa shape index (κ3) is 3.68. The number of rotatable bonds is 4. The predicted molar refractivity (Wildman–Crippen MR) is 91.9 cm³/mol. The molecule has 1 aromatic carbocycles. The summed E-state index contributed by atoms with van der Waals surface area (Å²) in [5, 5.41) is 10.3. The van der Waals surface area contributed by atoms with Crippen molar-refractivity contribution in [1.82, 2.24) is 9.80 Å². The Labute approximate surface area is 142 Å². The first-order valence-electron chi connectivity index (χ1n) is 8.36. The number of furan rings is 1. The average Bonchev–Trinajstić information content (AvgIpc) is 2.94. The number of hydrogen-bond donors (Lipinski definition) is 1. The summed E-state index contributed by atoms with van der Waals surface area (Å²) >= 11 is 0. The fourth-order valence-electron chi connectivity index (χ4n) is 3.17. The largest absolute Gasteiger partial charge is 0.466 e. The number of aryl methyl sites for hydroxylation is 2. The van der Waals surface area contributed by atoms with Crippen molar-refractivity contribution in [3.63, 3.8) is 0 Å². The zero-order valence-corrected chi connectivity index (χ0v) is 14.2. The molecule has 1 saturated heterocycles. The number of carbonyl (C=O) groups excluding carboxylic acids is 1. The van der Waals surface area contributed by atoms with E-state index in [1.165, 1.54) is 0 Å². The van der Waals surface area contributed by atoms with Crippen LogP contribution in [0.15, 0.2) is 40.8 Å². The number of hydrogen-bond acceptors (Lipinski definition) is 4. The molecule has 0 spiro atoms. The summed E-state index contributed by atoms with van der Waals surface area (Å²) < 4.78 is 5.46. The van der Waals surface area contributed by atoms with E-state index < -0.39 is 6.10 Å². The van der Waals surface area contributed by atoms with Gasteiger partial charge in [0.2, 0.25) is 0 Å². The van der Waals surface area contributed by atoms with Crippen LogP contribution in [0.2, 0.25) is 0 Å². The van der Waals surface area contributed by atoms with E-state index in [-0.39, 0.29) is 5.91 Å². The van der Waals surface area contributed by atoms with Crippen molar-refractivity contribution >= 4 is 5.91 Å². The van der Waals surface area contributed by atoms with Gasteiger partial charge in [-0.15, -0.1) is 0 Å². The van der Waals surface area contributed by atoms with E-state index in [1.807, 2.05) is 55.1 Å². The number of aliphatic hydroxyl groups is 1. The van der Waals surface area contributed by atoms with E-state index in [1.54, 1.807) is 0 Å². The van der Waals surface area contributed by atoms with E-state index in [0.717, 1.165) is 24.4 Å². The summed E-state index contributed by atoms with van der Waals surface area (Å²) in [5.41, 5.74) is 1.59. The van der Waals surface area contributed by atoms with Crippen molar-refractivity contribution in [3.8, 4) is 0 Å². The number of nitrogens with zero attached hydrogens (tertiary/aromatic N) is 2. The molecule has 1 amide bonds. The van der Waals surface area contributed by atoms with Gasteiger partial charge in [-0.3, -0.25) is 9.69 Å². The van der Waals surface area contributed by atoms with Gasteiger partial charge in [0, 0.05) is 32.7 Å². The highest BCUT2D eigenvalue weighted by molar-refractivity contribution is 5.95. The van der Waals surface area contributed by atoms with Crippen LogP contribution < -0.4 is 0 Å². The number of β-amino-alcohol motifs (C(OH)–C–C–N with tert-alkyl or cyclic N) is 1. The monoisotopic (exact) mass is 328 g/mol. The zero-order valence-electron chi connectivity index (χ0n) is 14.2. The molecule has 3 rings (SSSR count). The van der Waals surface area contributed by atoms with Gasteiger partial charge in [0.25, 0.3) is 5.91 Å². The van der Waals surface area contributed by atoms with Crippen LogP contribution in [0.4, 0.5) is 0 Å². The van der Waals surface area contributed by atoms with E-state index in [2.05, 4.69) is 4.90 Å². The molecule has 0 saturated carbocycles. The van der Waals surface area contributed by atoms with E-state index in [0.29, 0.717) is 31.0 Å². The maximum absolute atomic E-state index is 12.6. The number of benzene rings is 1. The molecule has 5 nitrogen and oxygen atoms in total. The molecule has 1 aliphatic heterocycles. The summed E-state index contributed by atoms with van der Waals surface area (Å²) in [4.78, 5) is 16.6. The van der Waals surface area contributed by atoms with Gasteiger partial charge in [-0.05, 0) is 25.5 Å². The molecule has 2 heterocycles. The summed E-state index contributed by atoms with van der Waals surface area (Å²) in [6.45, 7) is 7.15. The third-order valence-electron chi connectivity index (χ3n) is 4.55. The topological polar surface area (TPSA) is 56.9 Å². The van der Waals surface area contributed by atoms with Gasteiger partial charge in [-0.1, -0.05) is 30.3 Å². The Kier molecular flexibility index (Phi) is 5.02. The first-order chi connectivity index (χ1) is 11.5. The summed E-state index contributed by atoms with van der Waals surface area (Å²) in [7, 11) is 0. The lowest BCUT2D eigenvalue weighted by Gasteiger charge is -2.35. The molecule has 0 aliphatic carbocycles. The van der Waals surface area contributed by atoms with Crippen LogP contribution in [0.5, 0.6) is 0 Å². The highest BCUT2D eigenvalue weighted by atomic mass is 16.3. The second kappa shape index (κ2) is 7.20. The smallest absolute Gasteiger partial charge is 0.257 e. The minimum Gasteiger partial charge on any atom is -0.466 e. The Bertz CT molecular complexity index is 688. The van der Waals surface area contributed by atoms with E-state index >= 15 is 0 Å². The van der Waals surface area contributed by atoms with Crippen LogP contribution >= 0.6 is 0 Å². The number of amides is 1. The van der Waals surface area contributed by atoms with Crippen LogP contribution in [-0.2, 0) is 0 Å². The van der Waals surface area contributed by atoms with Crippen LogP contribution in [0.3, 0.4) is 0 Å². The Morgan fingerprint density at radius 3 is 2.42 bits per heavy atom. The van der Waals surface area contributed by atoms with Crippen molar-refractivity contribution in [2.45, 2.75) is 20.0 Å². The maximum atomic E-state index is 12.6. The van der Waals surface area contributed by atoms with Crippen molar-refractivity contribution in [1.29, 1.82) is 0 Å². The molecule has 128 valence electrons. The van der Waals surface area contributed by atoms with Gasteiger partial charge in [-0.25, -0.2) is 0 Å². The lowest BCUT2D eigenvalue weighted by Crippen LogP contribution is -2.49. The van der Waals surface area contributed by atoms with Crippen LogP contribution in [0.25, 0.3) is 0 Å². The van der Waals surface area contributed by atoms with Gasteiger partial charge in [0.1, 0.15) is 11.5 Å². The molecular weight excluding hydrogens is 304 g/mol. The molecule has 1 N–H and O–H groups in total. The maximum Gasteiger partial charge on any atom is 0.257 e. The van der Waals surface area contributed by atoms with Crippen molar-refractivity contribution in [2.24, 2.45) is 0 Å². The molecule has 0 radical (unpaired) electrons. The average molecular weight is 328 g/mol. The van der Waals surface area contributed by atoms with Crippen LogP contribution in [-0.4, -0.2) is 53.5 Å². The standard InChI is InChI=1S/C19H24N2O3/c1-14-12-17(15(2)24-14)19(23)21-10-8-20(9-11-21)13-18(22)16-6-4-3-5-7-16/h3-7,12,18,22H,8-11,13H2,1-2H3/t18-/m1/s1. The Hall–Kier alpha value is -2.11. The highest BCUT2D eigenvalue weighted by Gasteiger charge is 2.25. The molecule has 1 aromatic heterocycles. The first kappa shape index (κ1) is 16.7. The summed E-state index contributed by atoms with van der Waals surface area (Å²) in [5.74, 6) is 1.48. The van der Waals surface area contributed by atoms with Gasteiger partial charge in [0.15, 0.2) is 0 Å². The predicted octanol–water partition coefficient (Wildman–Crippen LogP) is 2.39. The minimum absolute atomic E-state index is 0.0348. The van der Waals surface area contributed by atoms with Gasteiger partial charge in [-0.2, -0.15) is 0 Å². The quantitative estimate of drug-likeness (QED) is 0.936. The number of piperazine rings is 1. The third-order valence-corrected chi connectivity index (χ3v) is 4.55. The van der Waals surface area contributed by atoms with Gasteiger partial charge in [0.05, 0.1) is 11.7 Å². The van der Waals surface area contributed by atoms with Crippen molar-refractivity contribution < 1.29 is 14.3 Å². The SMILES string of the molecule is Cc1cc(C(=O)N2CCN(C[C@@H](O)c3ccccc3)CC2)c(C)o1. The molecule has 2 aromatic rings. The second-order valence-corrected chi connectivity index (χ2v) is 6.35. The first-order valence-corrected chi connectivity index (χ1v) is 8.36. The lowest BCUT2D eigenvalue weighted by atomic mass is 10.1. The fraction of sp³-hybridized carbons (Fsp3) is 0.421. The molecule has 1 aliphatic rings. The van der Waals surface area contributed by atoms with E-state index in [9.17, 15) is 9.90 Å². The minimum atomic E-state index is -0.493. The van der Waals surface area contributed by atoms with Gasteiger partial charge < -0.3 is 14.4 Å². The molecule has 1 fully saturated rings. The van der Waals surface area contributed by atoms with Crippen LogP contribution in [0.1, 0.15) is 33.5 Å². The Morgan fingerprint density at radius 2 is 1.83 bits per heavy atom. The normalized spacial score (nSPS) is 17.0. The van der Waals surface area contributed by atoms with E-state index in [4.69, 9.17) is 4.42 Å². The lowest BCUT2D eigenvalue weighted by molar-refractivity contribution is 0.0526. The second-order valence-electron chi connectivity index (χ2n) is 6.35. The number of aliphatic hydroxyl groups excluding tert-OH is 1. The Morgan fingerprint density at radius 1 is 1.17 bits per heavy atom. The highest BCUT2D eigenvalue weighted by Crippen LogP contribution is 2.18. The van der Waals surface area contributed by atoms with Crippen molar-refractivity contribution in [3.05, 3.63) is 59.0 Å². The van der Waals surface area contributed by atoms with Crippen molar-refractivity contribution in [2.75, 3.05) is 32.7 Å². The molecule has 0 unspecified atom stereocenters. The summed E-state index contributed by atoms with van der Waals surface area (Å²) in [6.07, 6.45) is -0.493. The summed E-state index contributed by atoms with van der Waals surface area (Å²) in [6, 6.07) is 11.5. The molecular formula is C19H24N2O3. The number of carbonyl (C=O) groups is 1. The zero-order chi connectivity index (χ0) is 17.1. The fourth-order valence-corrected chi connectivity index (χ4v) is 3.17. The Balaban J connectivity index is 1.54. The van der Waals surface area contributed by atoms with Gasteiger partial charge >= 0.3 is 0 Å². The van der Waals surface area contributed by atoms with Crippen LogP contribution in [0, 0.1) is 13.8 Å². The molecule has 5 heteroatoms. The molecule has 24 heavy (non-hydrogen) atoms.